The second-order valence-corrected chi connectivity index (χ2v) is 7.82. The normalized spacial score (nSPS) is 11.6. The lowest BCUT2D eigenvalue weighted by molar-refractivity contribution is 0.150. The van der Waals surface area contributed by atoms with Gasteiger partial charge in [-0.2, -0.15) is 0 Å². The van der Waals surface area contributed by atoms with E-state index >= 15 is 0 Å². The van der Waals surface area contributed by atoms with E-state index < -0.39 is 0 Å². The molecule has 0 aliphatic carbocycles. The fourth-order valence-corrected chi connectivity index (χ4v) is 3.25. The SMILES string of the molecule is C/C=C/COc1cc(C)c(OCCCCOc2cccc(COC/C(C)=N/OC)c2)c(C)c1. The highest BCUT2D eigenvalue weighted by Gasteiger charge is 2.07. The number of hydrogen-bond acceptors (Lipinski definition) is 6. The molecule has 2 aromatic carbocycles. The van der Waals surface area contributed by atoms with Gasteiger partial charge in [-0.25, -0.2) is 0 Å². The maximum atomic E-state index is 6.04. The lowest BCUT2D eigenvalue weighted by atomic mass is 10.1. The molecule has 0 N–H and O–H groups in total. The number of ether oxygens (including phenoxy) is 4. The summed E-state index contributed by atoms with van der Waals surface area (Å²) in [5.41, 5.74) is 4.03. The van der Waals surface area contributed by atoms with Crippen molar-refractivity contribution in [1.82, 2.24) is 0 Å². The molecule has 0 amide bonds. The van der Waals surface area contributed by atoms with E-state index in [0.717, 1.165) is 52.5 Å². The Morgan fingerprint density at radius 1 is 0.939 bits per heavy atom. The molecule has 33 heavy (non-hydrogen) atoms. The highest BCUT2D eigenvalue weighted by Crippen LogP contribution is 2.28. The molecule has 6 nitrogen and oxygen atoms in total. The van der Waals surface area contributed by atoms with Crippen LogP contribution in [0.1, 0.15) is 43.4 Å². The fraction of sp³-hybridized carbons (Fsp3) is 0.444. The van der Waals surface area contributed by atoms with Gasteiger partial charge in [0.25, 0.3) is 0 Å². The molecule has 0 unspecified atom stereocenters. The highest BCUT2D eigenvalue weighted by molar-refractivity contribution is 5.82. The Bertz CT molecular complexity index is 884. The van der Waals surface area contributed by atoms with E-state index in [-0.39, 0.29) is 0 Å². The number of rotatable bonds is 15. The van der Waals surface area contributed by atoms with Crippen molar-refractivity contribution in [2.75, 3.05) is 33.5 Å². The maximum Gasteiger partial charge on any atom is 0.125 e. The molecule has 0 saturated carbocycles. The van der Waals surface area contributed by atoms with Crippen LogP contribution in [-0.2, 0) is 16.2 Å². The number of benzene rings is 2. The first-order valence-electron chi connectivity index (χ1n) is 11.4. The van der Waals surface area contributed by atoms with Gasteiger partial charge in [-0.3, -0.25) is 0 Å². The average molecular weight is 456 g/mol. The number of oxime groups is 1. The number of hydrogen-bond donors (Lipinski definition) is 0. The largest absolute Gasteiger partial charge is 0.494 e. The summed E-state index contributed by atoms with van der Waals surface area (Å²) < 4.78 is 23.3. The standard InChI is InChI=1S/C27H37NO5/c1-6-7-13-32-26-16-21(2)27(22(3)17-26)33-15-9-8-14-31-25-12-10-11-24(18-25)20-30-19-23(4)28-29-5/h6-7,10-12,16-18H,8-9,13-15,19-20H2,1-5H3/b7-6+,28-23+. The Labute approximate surface area is 198 Å². The van der Waals surface area contributed by atoms with Gasteiger partial charge in [0.1, 0.15) is 31.0 Å². The number of allylic oxidation sites excluding steroid dienone is 1. The van der Waals surface area contributed by atoms with Crippen LogP contribution in [0.4, 0.5) is 0 Å². The lowest BCUT2D eigenvalue weighted by Gasteiger charge is -2.14. The molecule has 180 valence electrons. The van der Waals surface area contributed by atoms with Crippen molar-refractivity contribution in [1.29, 1.82) is 0 Å². The van der Waals surface area contributed by atoms with E-state index in [1.54, 1.807) is 0 Å². The van der Waals surface area contributed by atoms with E-state index in [1.807, 2.05) is 62.4 Å². The maximum absolute atomic E-state index is 6.04. The van der Waals surface area contributed by atoms with Crippen molar-refractivity contribution in [2.45, 2.75) is 47.1 Å². The lowest BCUT2D eigenvalue weighted by Crippen LogP contribution is -2.06. The Hall–Kier alpha value is -2.99. The summed E-state index contributed by atoms with van der Waals surface area (Å²) in [6.07, 6.45) is 5.80. The minimum atomic E-state index is 0.434. The van der Waals surface area contributed by atoms with Crippen LogP contribution >= 0.6 is 0 Å². The molecule has 0 heterocycles. The summed E-state index contributed by atoms with van der Waals surface area (Å²) in [5, 5.41) is 3.83. The zero-order valence-electron chi connectivity index (χ0n) is 20.6. The molecule has 0 saturated heterocycles. The molecule has 0 aliphatic rings. The number of unbranched alkanes of at least 4 members (excludes halogenated alkanes) is 1. The molecule has 2 rings (SSSR count). The van der Waals surface area contributed by atoms with Gasteiger partial charge in [0.2, 0.25) is 0 Å². The smallest absolute Gasteiger partial charge is 0.125 e. The van der Waals surface area contributed by atoms with Gasteiger partial charge in [-0.1, -0.05) is 29.4 Å². The van der Waals surface area contributed by atoms with Gasteiger partial charge < -0.3 is 23.8 Å². The Morgan fingerprint density at radius 2 is 1.67 bits per heavy atom. The van der Waals surface area contributed by atoms with Crippen LogP contribution in [0.2, 0.25) is 0 Å². The first kappa shape index (κ1) is 26.3. The fourth-order valence-electron chi connectivity index (χ4n) is 3.25. The second kappa shape index (κ2) is 15.0. The third kappa shape index (κ3) is 10.00. The Kier molecular flexibility index (Phi) is 11.9. The van der Waals surface area contributed by atoms with E-state index in [1.165, 1.54) is 7.11 Å². The second-order valence-electron chi connectivity index (χ2n) is 7.82. The molecular formula is C27H37NO5. The molecule has 0 spiro atoms. The van der Waals surface area contributed by atoms with Crippen molar-refractivity contribution in [3.8, 4) is 17.2 Å². The monoisotopic (exact) mass is 455 g/mol. The van der Waals surface area contributed by atoms with E-state index in [4.69, 9.17) is 23.8 Å². The van der Waals surface area contributed by atoms with Gasteiger partial charge >= 0.3 is 0 Å². The molecule has 0 atom stereocenters. The predicted molar refractivity (Wildman–Crippen MR) is 133 cm³/mol. The highest BCUT2D eigenvalue weighted by atomic mass is 16.6. The van der Waals surface area contributed by atoms with Crippen LogP contribution in [-0.4, -0.2) is 39.2 Å². The number of aryl methyl sites for hydroxylation is 2. The van der Waals surface area contributed by atoms with E-state index in [9.17, 15) is 0 Å². The summed E-state index contributed by atoms with van der Waals surface area (Å²) in [4.78, 5) is 4.73. The quantitative estimate of drug-likeness (QED) is 0.142. The Balaban J connectivity index is 1.69. The minimum Gasteiger partial charge on any atom is -0.494 e. The minimum absolute atomic E-state index is 0.434. The van der Waals surface area contributed by atoms with E-state index in [0.29, 0.717) is 33.0 Å². The van der Waals surface area contributed by atoms with Crippen molar-refractivity contribution >= 4 is 5.71 Å². The molecule has 0 bridgehead atoms. The predicted octanol–water partition coefficient (Wildman–Crippen LogP) is 6.04. The average Bonchev–Trinajstić information content (AvgIpc) is 2.78. The van der Waals surface area contributed by atoms with E-state index in [2.05, 4.69) is 19.0 Å². The molecule has 0 fully saturated rings. The van der Waals surface area contributed by atoms with Crippen molar-refractivity contribution < 1.29 is 23.8 Å². The van der Waals surface area contributed by atoms with Crippen LogP contribution in [0.5, 0.6) is 17.2 Å². The summed E-state index contributed by atoms with van der Waals surface area (Å²) in [6, 6.07) is 12.0. The van der Waals surface area contributed by atoms with Gasteiger partial charge in [-0.05, 0) is 81.5 Å². The van der Waals surface area contributed by atoms with Crippen LogP contribution in [0, 0.1) is 13.8 Å². The van der Waals surface area contributed by atoms with Crippen molar-refractivity contribution in [2.24, 2.45) is 5.16 Å². The zero-order chi connectivity index (χ0) is 23.9. The van der Waals surface area contributed by atoms with Gasteiger partial charge in [0.15, 0.2) is 0 Å². The van der Waals surface area contributed by atoms with Gasteiger partial charge in [0.05, 0.1) is 32.1 Å². The first-order chi connectivity index (χ1) is 16.0. The first-order valence-corrected chi connectivity index (χ1v) is 11.4. The molecule has 0 radical (unpaired) electrons. The third-order valence-electron chi connectivity index (χ3n) is 4.79. The van der Waals surface area contributed by atoms with Gasteiger partial charge in [0, 0.05) is 0 Å². The summed E-state index contributed by atoms with van der Waals surface area (Å²) in [6.45, 7) is 10.8. The van der Waals surface area contributed by atoms with Crippen molar-refractivity contribution in [3.05, 3.63) is 65.2 Å². The summed E-state index contributed by atoms with van der Waals surface area (Å²) >= 11 is 0. The molecule has 0 aromatic heterocycles. The molecule has 6 heteroatoms. The molecular weight excluding hydrogens is 418 g/mol. The van der Waals surface area contributed by atoms with Crippen LogP contribution in [0.15, 0.2) is 53.7 Å². The van der Waals surface area contributed by atoms with Crippen LogP contribution in [0.25, 0.3) is 0 Å². The van der Waals surface area contributed by atoms with Crippen LogP contribution < -0.4 is 14.2 Å². The number of nitrogens with zero attached hydrogens (tertiary/aromatic N) is 1. The van der Waals surface area contributed by atoms with Crippen LogP contribution in [0.3, 0.4) is 0 Å². The molecule has 2 aromatic rings. The summed E-state index contributed by atoms with van der Waals surface area (Å²) in [7, 11) is 1.53. The van der Waals surface area contributed by atoms with Gasteiger partial charge in [-0.15, -0.1) is 0 Å². The van der Waals surface area contributed by atoms with Crippen molar-refractivity contribution in [3.63, 3.8) is 0 Å². The third-order valence-corrected chi connectivity index (χ3v) is 4.79. The molecule has 0 aliphatic heterocycles. The Morgan fingerprint density at radius 3 is 2.36 bits per heavy atom. The topological polar surface area (TPSA) is 58.5 Å². The zero-order valence-corrected chi connectivity index (χ0v) is 20.6. The summed E-state index contributed by atoms with van der Waals surface area (Å²) in [5.74, 6) is 2.65.